The van der Waals surface area contributed by atoms with Crippen LogP contribution in [0.4, 0.5) is 9.18 Å². The summed E-state index contributed by atoms with van der Waals surface area (Å²) in [6.45, 7) is 7.25. The van der Waals surface area contributed by atoms with Gasteiger partial charge in [0.05, 0.1) is 12.0 Å². The third kappa shape index (κ3) is 5.51. The maximum atomic E-state index is 14.3. The van der Waals surface area contributed by atoms with Crippen molar-refractivity contribution in [3.05, 3.63) is 48.3 Å². The van der Waals surface area contributed by atoms with Crippen LogP contribution in [0.2, 0.25) is 0 Å². The van der Waals surface area contributed by atoms with Crippen molar-refractivity contribution in [2.75, 3.05) is 39.8 Å². The number of rotatable bonds is 6. The first-order valence-electron chi connectivity index (χ1n) is 9.23. The van der Waals surface area contributed by atoms with Gasteiger partial charge in [0.15, 0.2) is 0 Å². The van der Waals surface area contributed by atoms with E-state index >= 15 is 0 Å². The van der Waals surface area contributed by atoms with Gasteiger partial charge in [0, 0.05) is 57.7 Å². The van der Waals surface area contributed by atoms with Crippen molar-refractivity contribution in [3.63, 3.8) is 0 Å². The molecule has 1 unspecified atom stereocenters. The summed E-state index contributed by atoms with van der Waals surface area (Å²) in [5.41, 5.74) is 1.14. The average Bonchev–Trinajstić information content (AvgIpc) is 3.16. The predicted molar refractivity (Wildman–Crippen MR) is 102 cm³/mol. The molecule has 7 nitrogen and oxygen atoms in total. The van der Waals surface area contributed by atoms with Crippen LogP contribution in [0.3, 0.4) is 0 Å². The van der Waals surface area contributed by atoms with Gasteiger partial charge in [-0.1, -0.05) is 6.07 Å². The summed E-state index contributed by atoms with van der Waals surface area (Å²) in [6, 6.07) is 4.72. The summed E-state index contributed by atoms with van der Waals surface area (Å²) in [5, 5.41) is 5.74. The minimum atomic E-state index is -0.351. The van der Waals surface area contributed by atoms with Crippen LogP contribution in [0.15, 0.2) is 36.9 Å². The number of amides is 2. The maximum absolute atomic E-state index is 14.3. The van der Waals surface area contributed by atoms with E-state index in [1.54, 1.807) is 35.4 Å². The van der Waals surface area contributed by atoms with Gasteiger partial charge in [0.2, 0.25) is 0 Å². The molecule has 1 atom stereocenters. The SMILES string of the molecule is CC(CN1CCN(C)CC1)NC(=O)NCc1ccc(-n2ccnc2)c(F)c1. The zero-order valence-corrected chi connectivity index (χ0v) is 15.9. The Labute approximate surface area is 159 Å². The second kappa shape index (κ2) is 8.96. The highest BCUT2D eigenvalue weighted by Crippen LogP contribution is 2.14. The highest BCUT2D eigenvalue weighted by Gasteiger charge is 2.17. The minimum absolute atomic E-state index is 0.0498. The Morgan fingerprint density at radius 2 is 2.07 bits per heavy atom. The molecule has 1 aromatic carbocycles. The van der Waals surface area contributed by atoms with Crippen molar-refractivity contribution >= 4 is 6.03 Å². The summed E-state index contributed by atoms with van der Waals surface area (Å²) in [5.74, 6) is -0.351. The van der Waals surface area contributed by atoms with Crippen molar-refractivity contribution in [2.24, 2.45) is 0 Å². The average molecular weight is 374 g/mol. The molecule has 1 saturated heterocycles. The molecular weight excluding hydrogens is 347 g/mol. The zero-order valence-electron chi connectivity index (χ0n) is 15.9. The molecule has 1 aromatic heterocycles. The van der Waals surface area contributed by atoms with Gasteiger partial charge in [-0.2, -0.15) is 0 Å². The molecule has 2 amide bonds. The van der Waals surface area contributed by atoms with E-state index < -0.39 is 0 Å². The number of imidazole rings is 1. The molecule has 27 heavy (non-hydrogen) atoms. The molecule has 146 valence electrons. The Balaban J connectivity index is 1.44. The molecule has 0 saturated carbocycles. The Hall–Kier alpha value is -2.45. The fraction of sp³-hybridized carbons (Fsp3) is 0.474. The van der Waals surface area contributed by atoms with Crippen LogP contribution < -0.4 is 10.6 Å². The van der Waals surface area contributed by atoms with Crippen LogP contribution in [-0.2, 0) is 6.54 Å². The standard InChI is InChI=1S/C19H27FN6O/c1-15(13-25-9-7-24(2)8-10-25)23-19(27)22-12-16-3-4-18(17(20)11-16)26-6-5-21-14-26/h3-6,11,14-15H,7-10,12-13H2,1-2H3,(H2,22,23,27). The maximum Gasteiger partial charge on any atom is 0.315 e. The van der Waals surface area contributed by atoms with E-state index in [0.29, 0.717) is 11.3 Å². The number of likely N-dealkylation sites (N-methyl/N-ethyl adjacent to an activating group) is 1. The zero-order chi connectivity index (χ0) is 19.2. The lowest BCUT2D eigenvalue weighted by molar-refractivity contribution is 0.144. The Morgan fingerprint density at radius 1 is 1.30 bits per heavy atom. The number of aromatic nitrogens is 2. The summed E-state index contributed by atoms with van der Waals surface area (Å²) in [4.78, 5) is 20.7. The van der Waals surface area contributed by atoms with Crippen LogP contribution >= 0.6 is 0 Å². The molecule has 1 aliphatic heterocycles. The molecule has 0 spiro atoms. The number of halogens is 1. The third-order valence-electron chi connectivity index (χ3n) is 4.75. The molecule has 2 N–H and O–H groups in total. The fourth-order valence-corrected chi connectivity index (χ4v) is 3.19. The fourth-order valence-electron chi connectivity index (χ4n) is 3.19. The molecule has 0 bridgehead atoms. The van der Waals surface area contributed by atoms with Crippen molar-refractivity contribution in [2.45, 2.75) is 19.5 Å². The van der Waals surface area contributed by atoms with E-state index in [-0.39, 0.29) is 24.4 Å². The van der Waals surface area contributed by atoms with Crippen molar-refractivity contribution < 1.29 is 9.18 Å². The monoisotopic (exact) mass is 374 g/mol. The third-order valence-corrected chi connectivity index (χ3v) is 4.75. The Kier molecular flexibility index (Phi) is 6.41. The lowest BCUT2D eigenvalue weighted by atomic mass is 10.2. The Bertz CT molecular complexity index is 743. The van der Waals surface area contributed by atoms with Crippen LogP contribution in [0.25, 0.3) is 5.69 Å². The Morgan fingerprint density at radius 3 is 2.74 bits per heavy atom. The molecule has 3 rings (SSSR count). The number of carbonyl (C=O) groups excluding carboxylic acids is 1. The molecule has 2 aromatic rings. The van der Waals surface area contributed by atoms with E-state index in [4.69, 9.17) is 0 Å². The highest BCUT2D eigenvalue weighted by atomic mass is 19.1. The van der Waals surface area contributed by atoms with Gasteiger partial charge in [-0.05, 0) is 31.7 Å². The lowest BCUT2D eigenvalue weighted by Crippen LogP contribution is -2.51. The van der Waals surface area contributed by atoms with Crippen LogP contribution in [-0.4, -0.2) is 71.2 Å². The molecule has 8 heteroatoms. The molecule has 0 aliphatic carbocycles. The smallest absolute Gasteiger partial charge is 0.315 e. The first-order valence-corrected chi connectivity index (χ1v) is 9.23. The second-order valence-corrected chi connectivity index (χ2v) is 7.09. The van der Waals surface area contributed by atoms with E-state index in [1.165, 1.54) is 6.07 Å². The number of benzene rings is 1. The lowest BCUT2D eigenvalue weighted by Gasteiger charge is -2.34. The quantitative estimate of drug-likeness (QED) is 0.803. The topological polar surface area (TPSA) is 65.4 Å². The van der Waals surface area contributed by atoms with Crippen molar-refractivity contribution in [1.29, 1.82) is 0 Å². The molecular formula is C19H27FN6O. The van der Waals surface area contributed by atoms with Gasteiger partial charge in [-0.25, -0.2) is 14.2 Å². The summed E-state index contributed by atoms with van der Waals surface area (Å²) in [7, 11) is 2.12. The number of piperazine rings is 1. The van der Waals surface area contributed by atoms with E-state index in [1.807, 2.05) is 6.92 Å². The number of nitrogens with zero attached hydrogens (tertiary/aromatic N) is 4. The number of carbonyl (C=O) groups is 1. The van der Waals surface area contributed by atoms with E-state index in [2.05, 4.69) is 32.5 Å². The molecule has 0 radical (unpaired) electrons. The van der Waals surface area contributed by atoms with Gasteiger partial charge in [-0.15, -0.1) is 0 Å². The summed E-state index contributed by atoms with van der Waals surface area (Å²) in [6.07, 6.45) is 4.83. The number of hydrogen-bond acceptors (Lipinski definition) is 4. The van der Waals surface area contributed by atoms with E-state index in [9.17, 15) is 9.18 Å². The molecule has 2 heterocycles. The van der Waals surface area contributed by atoms with Gasteiger partial charge >= 0.3 is 6.03 Å². The van der Waals surface area contributed by atoms with Crippen molar-refractivity contribution in [3.8, 4) is 5.69 Å². The van der Waals surface area contributed by atoms with Gasteiger partial charge in [0.1, 0.15) is 5.82 Å². The van der Waals surface area contributed by atoms with Crippen LogP contribution in [0, 0.1) is 5.82 Å². The first kappa shape index (κ1) is 19.3. The van der Waals surface area contributed by atoms with Gasteiger partial charge in [-0.3, -0.25) is 4.90 Å². The van der Waals surface area contributed by atoms with Gasteiger partial charge in [0.25, 0.3) is 0 Å². The highest BCUT2D eigenvalue weighted by molar-refractivity contribution is 5.74. The van der Waals surface area contributed by atoms with Gasteiger partial charge < -0.3 is 20.1 Å². The number of nitrogens with one attached hydrogen (secondary N) is 2. The largest absolute Gasteiger partial charge is 0.334 e. The predicted octanol–water partition coefficient (Wildman–Crippen LogP) is 1.45. The molecule has 1 aliphatic rings. The molecule has 1 fully saturated rings. The first-order chi connectivity index (χ1) is 13.0. The van der Waals surface area contributed by atoms with Crippen LogP contribution in [0.5, 0.6) is 0 Å². The normalized spacial score (nSPS) is 16.9. The van der Waals surface area contributed by atoms with E-state index in [0.717, 1.165) is 32.7 Å². The second-order valence-electron chi connectivity index (χ2n) is 7.09. The number of urea groups is 1. The van der Waals surface area contributed by atoms with Crippen LogP contribution in [0.1, 0.15) is 12.5 Å². The van der Waals surface area contributed by atoms with Crippen molar-refractivity contribution in [1.82, 2.24) is 30.0 Å². The summed E-state index contributed by atoms with van der Waals surface area (Å²) >= 11 is 0. The number of hydrogen-bond donors (Lipinski definition) is 2. The summed E-state index contributed by atoms with van der Waals surface area (Å²) < 4.78 is 15.9. The minimum Gasteiger partial charge on any atom is -0.334 e.